The van der Waals surface area contributed by atoms with Crippen LogP contribution in [0.1, 0.15) is 51.1 Å². The van der Waals surface area contributed by atoms with Gasteiger partial charge in [0.15, 0.2) is 0 Å². The lowest BCUT2D eigenvalue weighted by atomic mass is 10.1. The predicted molar refractivity (Wildman–Crippen MR) is 74.2 cm³/mol. The van der Waals surface area contributed by atoms with Gasteiger partial charge in [0.2, 0.25) is 0 Å². The third kappa shape index (κ3) is 4.29. The van der Waals surface area contributed by atoms with Crippen molar-refractivity contribution in [2.45, 2.75) is 52.4 Å². The van der Waals surface area contributed by atoms with Crippen molar-refractivity contribution in [3.05, 3.63) is 5.69 Å². The Hall–Kier alpha value is -1.19. The van der Waals surface area contributed by atoms with Gasteiger partial charge in [0.05, 0.1) is 11.4 Å². The van der Waals surface area contributed by atoms with Crippen LogP contribution in [0.15, 0.2) is 0 Å². The van der Waals surface area contributed by atoms with Crippen molar-refractivity contribution in [2.75, 3.05) is 17.6 Å². The molecule has 4 nitrogen and oxygen atoms in total. The highest BCUT2D eigenvalue weighted by Crippen LogP contribution is 2.20. The van der Waals surface area contributed by atoms with Gasteiger partial charge in [-0.05, 0) is 13.3 Å². The van der Waals surface area contributed by atoms with Crippen LogP contribution in [0.5, 0.6) is 0 Å². The minimum absolute atomic E-state index is 0.776. The summed E-state index contributed by atoms with van der Waals surface area (Å²) in [7, 11) is 1.92. The molecule has 0 aliphatic carbocycles. The lowest BCUT2D eigenvalue weighted by Crippen LogP contribution is -2.07. The van der Waals surface area contributed by atoms with Crippen LogP contribution in [0, 0.1) is 6.92 Å². The second kappa shape index (κ2) is 7.20. The number of aromatic nitrogens is 2. The summed E-state index contributed by atoms with van der Waals surface area (Å²) in [6.07, 6.45) is 7.88. The van der Waals surface area contributed by atoms with Crippen LogP contribution < -0.4 is 11.1 Å². The van der Waals surface area contributed by atoms with E-state index in [4.69, 9.17) is 5.73 Å². The van der Waals surface area contributed by atoms with E-state index in [1.807, 2.05) is 18.7 Å². The number of nitrogens with one attached hydrogen (secondary N) is 1. The molecule has 17 heavy (non-hydrogen) atoms. The van der Waals surface area contributed by atoms with Crippen LogP contribution in [0.4, 0.5) is 11.5 Å². The Balaban J connectivity index is 2.18. The molecular formula is C13H26N4. The molecule has 1 aromatic rings. The molecule has 0 spiro atoms. The van der Waals surface area contributed by atoms with Crippen molar-refractivity contribution < 1.29 is 0 Å². The number of hydrogen-bond acceptors (Lipinski definition) is 3. The first-order valence-corrected chi connectivity index (χ1v) is 6.69. The van der Waals surface area contributed by atoms with E-state index in [-0.39, 0.29) is 0 Å². The number of nitrogens with two attached hydrogens (primary N) is 1. The van der Waals surface area contributed by atoms with E-state index < -0.39 is 0 Å². The van der Waals surface area contributed by atoms with E-state index in [1.165, 1.54) is 38.5 Å². The molecule has 98 valence electrons. The van der Waals surface area contributed by atoms with Crippen LogP contribution in [0.25, 0.3) is 0 Å². The van der Waals surface area contributed by atoms with Gasteiger partial charge in [-0.3, -0.25) is 4.68 Å². The second-order valence-electron chi connectivity index (χ2n) is 4.67. The lowest BCUT2D eigenvalue weighted by Gasteiger charge is -2.07. The number of rotatable bonds is 8. The summed E-state index contributed by atoms with van der Waals surface area (Å²) in [6, 6.07) is 0. The number of nitrogens with zero attached hydrogens (tertiary/aromatic N) is 2. The highest BCUT2D eigenvalue weighted by atomic mass is 15.3. The topological polar surface area (TPSA) is 55.9 Å². The Morgan fingerprint density at radius 3 is 2.41 bits per heavy atom. The van der Waals surface area contributed by atoms with Gasteiger partial charge in [0.25, 0.3) is 0 Å². The van der Waals surface area contributed by atoms with Gasteiger partial charge in [-0.25, -0.2) is 0 Å². The summed E-state index contributed by atoms with van der Waals surface area (Å²) in [4.78, 5) is 0. The molecule has 0 saturated carbocycles. The predicted octanol–water partition coefficient (Wildman–Crippen LogP) is 3.08. The monoisotopic (exact) mass is 238 g/mol. The molecule has 1 aromatic heterocycles. The summed E-state index contributed by atoms with van der Waals surface area (Å²) in [5.74, 6) is 0.955. The Labute approximate surface area is 105 Å². The van der Waals surface area contributed by atoms with Gasteiger partial charge in [-0.2, -0.15) is 5.10 Å². The maximum atomic E-state index is 5.94. The number of hydrogen-bond donors (Lipinski definition) is 2. The smallest absolute Gasteiger partial charge is 0.147 e. The molecule has 0 unspecified atom stereocenters. The van der Waals surface area contributed by atoms with Gasteiger partial charge < -0.3 is 11.1 Å². The highest BCUT2D eigenvalue weighted by molar-refractivity contribution is 5.64. The van der Waals surface area contributed by atoms with Crippen molar-refractivity contribution in [2.24, 2.45) is 7.05 Å². The van der Waals surface area contributed by atoms with E-state index in [0.717, 1.165) is 23.7 Å². The SMILES string of the molecule is CCCCCCCCNc1c(N)c(C)nn1C. The van der Waals surface area contributed by atoms with E-state index in [9.17, 15) is 0 Å². The lowest BCUT2D eigenvalue weighted by molar-refractivity contribution is 0.615. The highest BCUT2D eigenvalue weighted by Gasteiger charge is 2.08. The fourth-order valence-corrected chi connectivity index (χ4v) is 2.00. The van der Waals surface area contributed by atoms with Crippen LogP contribution in [0.2, 0.25) is 0 Å². The minimum atomic E-state index is 0.776. The Bertz CT molecular complexity index is 330. The van der Waals surface area contributed by atoms with Crippen molar-refractivity contribution in [3.8, 4) is 0 Å². The minimum Gasteiger partial charge on any atom is -0.394 e. The van der Waals surface area contributed by atoms with E-state index in [0.29, 0.717) is 0 Å². The van der Waals surface area contributed by atoms with Crippen molar-refractivity contribution in [1.82, 2.24) is 9.78 Å². The third-order valence-corrected chi connectivity index (χ3v) is 3.09. The number of anilines is 2. The van der Waals surface area contributed by atoms with Gasteiger partial charge in [0, 0.05) is 13.6 Å². The molecule has 0 aliphatic rings. The zero-order chi connectivity index (χ0) is 12.7. The third-order valence-electron chi connectivity index (χ3n) is 3.09. The van der Waals surface area contributed by atoms with Crippen LogP contribution in [0.3, 0.4) is 0 Å². The first-order valence-electron chi connectivity index (χ1n) is 6.69. The average molecular weight is 238 g/mol. The van der Waals surface area contributed by atoms with Gasteiger partial charge >= 0.3 is 0 Å². The Morgan fingerprint density at radius 1 is 1.18 bits per heavy atom. The summed E-state index contributed by atoms with van der Waals surface area (Å²) >= 11 is 0. The summed E-state index contributed by atoms with van der Waals surface area (Å²) < 4.78 is 1.82. The molecule has 0 radical (unpaired) electrons. The summed E-state index contributed by atoms with van der Waals surface area (Å²) in [5.41, 5.74) is 7.62. The van der Waals surface area contributed by atoms with Crippen molar-refractivity contribution in [3.63, 3.8) is 0 Å². The summed E-state index contributed by atoms with van der Waals surface area (Å²) in [5, 5.41) is 7.65. The number of unbranched alkanes of at least 4 members (excludes halogenated alkanes) is 5. The molecule has 0 amide bonds. The molecule has 4 heteroatoms. The van der Waals surface area contributed by atoms with Gasteiger partial charge in [0.1, 0.15) is 5.82 Å². The fraction of sp³-hybridized carbons (Fsp3) is 0.769. The molecule has 0 saturated heterocycles. The maximum absolute atomic E-state index is 5.94. The zero-order valence-electron chi connectivity index (χ0n) is 11.4. The maximum Gasteiger partial charge on any atom is 0.147 e. The molecule has 1 heterocycles. The number of nitrogen functional groups attached to an aromatic ring is 1. The van der Waals surface area contributed by atoms with Crippen LogP contribution >= 0.6 is 0 Å². The molecular weight excluding hydrogens is 212 g/mol. The molecule has 0 bridgehead atoms. The van der Waals surface area contributed by atoms with Gasteiger partial charge in [-0.15, -0.1) is 0 Å². The van der Waals surface area contributed by atoms with E-state index in [1.54, 1.807) is 0 Å². The first-order chi connectivity index (χ1) is 8.16. The zero-order valence-corrected chi connectivity index (χ0v) is 11.4. The van der Waals surface area contributed by atoms with Crippen LogP contribution in [-0.2, 0) is 7.05 Å². The Morgan fingerprint density at radius 2 is 1.82 bits per heavy atom. The quantitative estimate of drug-likeness (QED) is 0.684. The van der Waals surface area contributed by atoms with Crippen molar-refractivity contribution in [1.29, 1.82) is 0 Å². The summed E-state index contributed by atoms with van der Waals surface area (Å²) in [6.45, 7) is 5.16. The molecule has 1 rings (SSSR count). The molecule has 0 fully saturated rings. The standard InChI is InChI=1S/C13H26N4/c1-4-5-6-7-8-9-10-15-13-12(14)11(2)16-17(13)3/h15H,4-10,14H2,1-3H3. The molecule has 0 aliphatic heterocycles. The molecule has 0 aromatic carbocycles. The second-order valence-corrected chi connectivity index (χ2v) is 4.67. The van der Waals surface area contributed by atoms with E-state index in [2.05, 4.69) is 17.3 Å². The normalized spacial score (nSPS) is 10.8. The molecule has 3 N–H and O–H groups in total. The number of aryl methyl sites for hydroxylation is 2. The average Bonchev–Trinajstić information content (AvgIpc) is 2.54. The van der Waals surface area contributed by atoms with Crippen molar-refractivity contribution >= 4 is 11.5 Å². The first kappa shape index (κ1) is 13.9. The van der Waals surface area contributed by atoms with Crippen LogP contribution in [-0.4, -0.2) is 16.3 Å². The fourth-order valence-electron chi connectivity index (χ4n) is 2.00. The molecule has 0 atom stereocenters. The van der Waals surface area contributed by atoms with Gasteiger partial charge in [-0.1, -0.05) is 39.0 Å². The Kier molecular flexibility index (Phi) is 5.87. The van der Waals surface area contributed by atoms with E-state index >= 15 is 0 Å². The largest absolute Gasteiger partial charge is 0.394 e.